The van der Waals surface area contributed by atoms with Crippen molar-refractivity contribution in [1.29, 1.82) is 0 Å². The normalized spacial score (nSPS) is 12.5. The minimum absolute atomic E-state index is 0.0827. The lowest BCUT2D eigenvalue weighted by atomic mass is 10.1. The second kappa shape index (κ2) is 50.8. The minimum Gasteiger partial charge on any atom is -0.462 e. The van der Waals surface area contributed by atoms with Gasteiger partial charge in [0, 0.05) is 19.3 Å². The van der Waals surface area contributed by atoms with Crippen LogP contribution >= 0.6 is 0 Å². The number of carbonyl (C=O) groups is 3. The average molecular weight is 867 g/mol. The van der Waals surface area contributed by atoms with Crippen LogP contribution in [-0.4, -0.2) is 37.2 Å². The van der Waals surface area contributed by atoms with Gasteiger partial charge in [0.1, 0.15) is 13.2 Å². The van der Waals surface area contributed by atoms with E-state index in [4.69, 9.17) is 14.2 Å². The monoisotopic (exact) mass is 867 g/mol. The van der Waals surface area contributed by atoms with Gasteiger partial charge in [-0.05, 0) is 89.9 Å². The van der Waals surface area contributed by atoms with Crippen LogP contribution in [0.5, 0.6) is 0 Å². The standard InChI is InChI=1S/C56H98O6/c1-4-7-10-13-15-17-19-21-23-25-27-28-29-31-32-34-36-38-40-43-46-49-55(58)61-52-53(51-60-54(57)48-45-42-12-9-6-3)62-56(59)50-47-44-41-39-37-35-33-30-26-24-22-20-18-16-14-11-8-5-2/h18-21,24-27,29,31,53H,4-17,22-23,28,30,32-52H2,1-3H3/b20-18-,21-19-,26-24-,27-25-,31-29-. The number of hydrogen-bond donors (Lipinski definition) is 0. The summed E-state index contributed by atoms with van der Waals surface area (Å²) in [4.78, 5) is 37.7. The van der Waals surface area contributed by atoms with E-state index in [1.54, 1.807) is 0 Å². The first-order valence-corrected chi connectivity index (χ1v) is 26.3. The summed E-state index contributed by atoms with van der Waals surface area (Å²) >= 11 is 0. The topological polar surface area (TPSA) is 78.9 Å². The quantitative estimate of drug-likeness (QED) is 0.0262. The molecule has 1 unspecified atom stereocenters. The summed E-state index contributed by atoms with van der Waals surface area (Å²) in [5, 5.41) is 0. The van der Waals surface area contributed by atoms with Crippen LogP contribution in [0.1, 0.15) is 258 Å². The molecule has 0 saturated carbocycles. The fraction of sp³-hybridized carbons (Fsp3) is 0.768. The number of rotatable bonds is 47. The van der Waals surface area contributed by atoms with E-state index >= 15 is 0 Å². The first kappa shape index (κ1) is 59.1. The lowest BCUT2D eigenvalue weighted by Gasteiger charge is -2.18. The largest absolute Gasteiger partial charge is 0.462 e. The van der Waals surface area contributed by atoms with E-state index in [1.807, 2.05) is 0 Å². The number of unbranched alkanes of at least 4 members (excludes halogenated alkanes) is 26. The van der Waals surface area contributed by atoms with Gasteiger partial charge < -0.3 is 14.2 Å². The van der Waals surface area contributed by atoms with Crippen LogP contribution in [-0.2, 0) is 28.6 Å². The second-order valence-corrected chi connectivity index (χ2v) is 17.4. The number of carbonyl (C=O) groups excluding carboxylic acids is 3. The molecule has 0 heterocycles. The van der Waals surface area contributed by atoms with Crippen LogP contribution in [0.2, 0.25) is 0 Å². The van der Waals surface area contributed by atoms with Crippen molar-refractivity contribution in [3.05, 3.63) is 60.8 Å². The van der Waals surface area contributed by atoms with Crippen LogP contribution in [0.4, 0.5) is 0 Å². The van der Waals surface area contributed by atoms with Gasteiger partial charge in [0.05, 0.1) is 0 Å². The van der Waals surface area contributed by atoms with Crippen molar-refractivity contribution in [2.24, 2.45) is 0 Å². The molecule has 0 saturated heterocycles. The predicted molar refractivity (Wildman–Crippen MR) is 265 cm³/mol. The van der Waals surface area contributed by atoms with Gasteiger partial charge in [0.15, 0.2) is 6.10 Å². The first-order valence-electron chi connectivity index (χ1n) is 26.3. The van der Waals surface area contributed by atoms with Crippen molar-refractivity contribution >= 4 is 17.9 Å². The highest BCUT2D eigenvalue weighted by molar-refractivity contribution is 5.71. The van der Waals surface area contributed by atoms with Crippen LogP contribution in [0.3, 0.4) is 0 Å². The fourth-order valence-corrected chi connectivity index (χ4v) is 7.24. The molecule has 0 radical (unpaired) electrons. The minimum atomic E-state index is -0.780. The number of ether oxygens (including phenoxy) is 3. The fourth-order valence-electron chi connectivity index (χ4n) is 7.24. The zero-order valence-corrected chi connectivity index (χ0v) is 40.9. The molecule has 62 heavy (non-hydrogen) atoms. The molecule has 0 aromatic rings. The Bertz CT molecular complexity index is 1130. The molecule has 0 N–H and O–H groups in total. The summed E-state index contributed by atoms with van der Waals surface area (Å²) in [7, 11) is 0. The lowest BCUT2D eigenvalue weighted by Crippen LogP contribution is -2.30. The summed E-state index contributed by atoms with van der Waals surface area (Å²) in [6.45, 7) is 6.51. The third-order valence-corrected chi connectivity index (χ3v) is 11.2. The third-order valence-electron chi connectivity index (χ3n) is 11.2. The molecule has 0 aliphatic carbocycles. The first-order chi connectivity index (χ1) is 30.5. The van der Waals surface area contributed by atoms with Crippen molar-refractivity contribution in [2.45, 2.75) is 264 Å². The zero-order chi connectivity index (χ0) is 45.1. The summed E-state index contributed by atoms with van der Waals surface area (Å²) in [6, 6.07) is 0. The van der Waals surface area contributed by atoms with E-state index in [1.165, 1.54) is 122 Å². The van der Waals surface area contributed by atoms with Crippen molar-refractivity contribution in [2.75, 3.05) is 13.2 Å². The van der Waals surface area contributed by atoms with Crippen LogP contribution in [0.25, 0.3) is 0 Å². The van der Waals surface area contributed by atoms with Crippen molar-refractivity contribution in [3.8, 4) is 0 Å². The third kappa shape index (κ3) is 48.1. The Morgan fingerprint density at radius 3 is 0.919 bits per heavy atom. The van der Waals surface area contributed by atoms with Gasteiger partial charge in [-0.15, -0.1) is 0 Å². The smallest absolute Gasteiger partial charge is 0.306 e. The summed E-state index contributed by atoms with van der Waals surface area (Å²) < 4.78 is 16.7. The van der Waals surface area contributed by atoms with Crippen LogP contribution in [0.15, 0.2) is 60.8 Å². The Morgan fingerprint density at radius 1 is 0.323 bits per heavy atom. The summed E-state index contributed by atoms with van der Waals surface area (Å²) in [6.07, 6.45) is 62.4. The highest BCUT2D eigenvalue weighted by Gasteiger charge is 2.19. The maximum atomic E-state index is 12.7. The van der Waals surface area contributed by atoms with Gasteiger partial charge in [0.2, 0.25) is 0 Å². The Kier molecular flexibility index (Phi) is 48.4. The van der Waals surface area contributed by atoms with E-state index in [9.17, 15) is 14.4 Å². The Hall–Kier alpha value is -2.89. The average Bonchev–Trinajstić information content (AvgIpc) is 3.27. The SMILES string of the molecule is CCCCCC/C=C\C/C=C\CCCCCCCCCC(=O)OC(COC(=O)CCCCCCC)COC(=O)CCCCCCCC/C=C\C/C=C\C/C=C\CCCCCCC. The summed E-state index contributed by atoms with van der Waals surface area (Å²) in [5.74, 6) is -0.914. The molecule has 0 aromatic carbocycles. The van der Waals surface area contributed by atoms with Crippen molar-refractivity contribution in [3.63, 3.8) is 0 Å². The van der Waals surface area contributed by atoms with E-state index in [0.29, 0.717) is 19.3 Å². The molecule has 0 amide bonds. The molecule has 0 rings (SSSR count). The van der Waals surface area contributed by atoms with E-state index in [-0.39, 0.29) is 31.1 Å². The number of allylic oxidation sites excluding steroid dienone is 10. The molecule has 0 aromatic heterocycles. The van der Waals surface area contributed by atoms with Gasteiger partial charge in [-0.3, -0.25) is 14.4 Å². The van der Waals surface area contributed by atoms with Crippen LogP contribution < -0.4 is 0 Å². The molecule has 0 aliphatic heterocycles. The van der Waals surface area contributed by atoms with Crippen molar-refractivity contribution < 1.29 is 28.6 Å². The van der Waals surface area contributed by atoms with Gasteiger partial charge in [-0.25, -0.2) is 0 Å². The highest BCUT2D eigenvalue weighted by atomic mass is 16.6. The molecule has 0 fully saturated rings. The molecule has 0 aliphatic rings. The van der Waals surface area contributed by atoms with E-state index in [2.05, 4.69) is 81.5 Å². The van der Waals surface area contributed by atoms with E-state index in [0.717, 1.165) is 96.3 Å². The second-order valence-electron chi connectivity index (χ2n) is 17.4. The number of esters is 3. The molecular weight excluding hydrogens is 769 g/mol. The molecule has 0 spiro atoms. The maximum absolute atomic E-state index is 12.7. The Labute approximate surface area is 383 Å². The van der Waals surface area contributed by atoms with Gasteiger partial charge in [0.25, 0.3) is 0 Å². The van der Waals surface area contributed by atoms with E-state index < -0.39 is 6.10 Å². The highest BCUT2D eigenvalue weighted by Crippen LogP contribution is 2.14. The van der Waals surface area contributed by atoms with Crippen LogP contribution in [0, 0.1) is 0 Å². The van der Waals surface area contributed by atoms with Gasteiger partial charge >= 0.3 is 17.9 Å². The van der Waals surface area contributed by atoms with Crippen molar-refractivity contribution in [1.82, 2.24) is 0 Å². The Morgan fingerprint density at radius 2 is 0.581 bits per heavy atom. The molecular formula is C56H98O6. The molecule has 1 atom stereocenters. The molecule has 6 nitrogen and oxygen atoms in total. The zero-order valence-electron chi connectivity index (χ0n) is 40.9. The lowest BCUT2D eigenvalue weighted by molar-refractivity contribution is -0.167. The van der Waals surface area contributed by atoms with Gasteiger partial charge in [-0.2, -0.15) is 0 Å². The van der Waals surface area contributed by atoms with Gasteiger partial charge in [-0.1, -0.05) is 210 Å². The summed E-state index contributed by atoms with van der Waals surface area (Å²) in [5.41, 5.74) is 0. The molecule has 0 bridgehead atoms. The predicted octanol–water partition coefficient (Wildman–Crippen LogP) is 17.3. The molecule has 358 valence electrons. The Balaban J connectivity index is 4.19. The number of hydrogen-bond acceptors (Lipinski definition) is 6. The maximum Gasteiger partial charge on any atom is 0.306 e. The molecule has 6 heteroatoms.